The molecule has 2 heterocycles. The number of rotatable bonds is 7. The minimum atomic E-state index is -1.21. The Bertz CT molecular complexity index is 1530. The summed E-state index contributed by atoms with van der Waals surface area (Å²) in [4.78, 5) is 44.0. The fraction of sp³-hybridized carbons (Fsp3) is 0.615. The molecule has 1 saturated heterocycles. The van der Waals surface area contributed by atoms with Gasteiger partial charge in [-0.25, -0.2) is 0 Å². The van der Waals surface area contributed by atoms with E-state index >= 15 is 0 Å². The molecule has 4 atom stereocenters. The lowest BCUT2D eigenvalue weighted by Crippen LogP contribution is -2.61. The number of carbonyl (C=O) groups excluding carboxylic acids is 3. The predicted octanol–water partition coefficient (Wildman–Crippen LogP) is 6.79. The Kier molecular flexibility index (Phi) is 7.85. The van der Waals surface area contributed by atoms with Crippen molar-refractivity contribution < 1.29 is 23.9 Å². The van der Waals surface area contributed by atoms with Gasteiger partial charge in [-0.2, -0.15) is 0 Å². The first-order chi connectivity index (χ1) is 21.9. The standard InChI is InChI=1S/C39H50N2O5/c1-24-39(36(44)45-5)21-30(16-34(42)40-23-38-18-25-13-26(19-38)15-27(14-25)20-38)35(43)41(32(39)17-33(46-24)37(2,3)4)22-29-11-8-10-28-9-6-7-12-31(28)29/h6-12,17,24-27,30,33H,13-16,18-23H2,1-5H3,(H,40,42)/t24-,25?,26?,27?,30+,33-,38?,39+/m1/s1. The van der Waals surface area contributed by atoms with Crippen LogP contribution < -0.4 is 5.32 Å². The summed E-state index contributed by atoms with van der Waals surface area (Å²) >= 11 is 0. The molecule has 7 nitrogen and oxygen atoms in total. The molecule has 2 amide bonds. The summed E-state index contributed by atoms with van der Waals surface area (Å²) in [5.74, 6) is 1.09. The molecule has 5 fully saturated rings. The molecule has 7 heteroatoms. The molecule has 0 unspecified atom stereocenters. The number of fused-ring (bicyclic) bond motifs is 2. The molecular formula is C39H50N2O5. The molecule has 1 N–H and O–H groups in total. The van der Waals surface area contributed by atoms with Gasteiger partial charge in [0.05, 0.1) is 25.9 Å². The number of amides is 2. The smallest absolute Gasteiger partial charge is 0.320 e. The Morgan fingerprint density at radius 1 is 0.978 bits per heavy atom. The highest BCUT2D eigenvalue weighted by molar-refractivity contribution is 5.93. The summed E-state index contributed by atoms with van der Waals surface area (Å²) in [6.45, 7) is 9.20. The number of ether oxygens (including phenoxy) is 2. The number of likely N-dealkylation sites (tertiary alicyclic amines) is 1. The second kappa shape index (κ2) is 11.5. The number of hydrogen-bond donors (Lipinski definition) is 1. The fourth-order valence-corrected chi connectivity index (χ4v) is 10.3. The number of carbonyl (C=O) groups is 3. The maximum atomic E-state index is 14.6. The fourth-order valence-electron chi connectivity index (χ4n) is 10.3. The van der Waals surface area contributed by atoms with Crippen LogP contribution in [-0.4, -0.2) is 48.5 Å². The highest BCUT2D eigenvalue weighted by Gasteiger charge is 2.60. The van der Waals surface area contributed by atoms with E-state index in [0.717, 1.165) is 34.1 Å². The van der Waals surface area contributed by atoms with E-state index in [-0.39, 0.29) is 41.6 Å². The average molecular weight is 627 g/mol. The van der Waals surface area contributed by atoms with Crippen LogP contribution in [0.5, 0.6) is 0 Å². The predicted molar refractivity (Wildman–Crippen MR) is 177 cm³/mol. The topological polar surface area (TPSA) is 84.9 Å². The zero-order chi connectivity index (χ0) is 32.4. The first kappa shape index (κ1) is 31.4. The van der Waals surface area contributed by atoms with Crippen molar-refractivity contribution in [2.45, 2.75) is 97.8 Å². The molecular weight excluding hydrogens is 576 g/mol. The Hall–Kier alpha value is -3.19. The first-order valence-corrected chi connectivity index (χ1v) is 17.4. The van der Waals surface area contributed by atoms with E-state index in [4.69, 9.17) is 9.47 Å². The quantitative estimate of drug-likeness (QED) is 0.342. The number of hydrogen-bond acceptors (Lipinski definition) is 5. The van der Waals surface area contributed by atoms with Crippen LogP contribution in [0.3, 0.4) is 0 Å². The van der Waals surface area contributed by atoms with Gasteiger partial charge in [-0.1, -0.05) is 63.2 Å². The number of methoxy groups -OCH3 is 1. The number of piperidine rings is 1. The average Bonchev–Trinajstić information content (AvgIpc) is 3.01. The minimum Gasteiger partial charge on any atom is -0.468 e. The lowest BCUT2D eigenvalue weighted by atomic mass is 9.49. The normalized spacial score (nSPS) is 35.1. The molecule has 46 heavy (non-hydrogen) atoms. The molecule has 4 aliphatic carbocycles. The van der Waals surface area contributed by atoms with Crippen LogP contribution in [0.2, 0.25) is 0 Å². The summed E-state index contributed by atoms with van der Waals surface area (Å²) < 4.78 is 12.1. The van der Waals surface area contributed by atoms with Crippen molar-refractivity contribution in [3.8, 4) is 0 Å². The summed E-state index contributed by atoms with van der Waals surface area (Å²) in [6, 6.07) is 14.3. The Labute approximate surface area is 273 Å². The second-order valence-corrected chi connectivity index (χ2v) is 16.4. The van der Waals surface area contributed by atoms with Crippen LogP contribution in [0, 0.1) is 39.9 Å². The molecule has 0 aromatic heterocycles. The van der Waals surface area contributed by atoms with Crippen molar-refractivity contribution in [1.29, 1.82) is 0 Å². The molecule has 0 radical (unpaired) electrons. The lowest BCUT2D eigenvalue weighted by molar-refractivity contribution is -0.180. The molecule has 8 rings (SSSR count). The summed E-state index contributed by atoms with van der Waals surface area (Å²) in [6.07, 6.45) is 9.05. The lowest BCUT2D eigenvalue weighted by Gasteiger charge is -2.57. The molecule has 2 aliphatic heterocycles. The van der Waals surface area contributed by atoms with Crippen molar-refractivity contribution in [1.82, 2.24) is 10.2 Å². The highest BCUT2D eigenvalue weighted by Crippen LogP contribution is 2.60. The van der Waals surface area contributed by atoms with Crippen molar-refractivity contribution in [2.75, 3.05) is 13.7 Å². The van der Waals surface area contributed by atoms with Crippen LogP contribution in [-0.2, 0) is 30.4 Å². The third kappa shape index (κ3) is 5.36. The van der Waals surface area contributed by atoms with Crippen LogP contribution in [0.25, 0.3) is 10.8 Å². The van der Waals surface area contributed by atoms with Gasteiger partial charge in [0.2, 0.25) is 11.8 Å². The maximum Gasteiger partial charge on any atom is 0.320 e. The molecule has 2 aromatic carbocycles. The Morgan fingerprint density at radius 2 is 1.63 bits per heavy atom. The first-order valence-electron chi connectivity index (χ1n) is 17.4. The Balaban J connectivity index is 1.21. The van der Waals surface area contributed by atoms with Gasteiger partial charge in [0, 0.05) is 24.6 Å². The van der Waals surface area contributed by atoms with Crippen LogP contribution in [0.4, 0.5) is 0 Å². The summed E-state index contributed by atoms with van der Waals surface area (Å²) in [5.41, 5.74) is 0.370. The Morgan fingerprint density at radius 3 is 2.28 bits per heavy atom. The van der Waals surface area contributed by atoms with E-state index in [2.05, 4.69) is 44.3 Å². The van der Waals surface area contributed by atoms with E-state index < -0.39 is 23.4 Å². The molecule has 2 aromatic rings. The molecule has 0 spiro atoms. The van der Waals surface area contributed by atoms with Gasteiger partial charge in [-0.05, 0) is 103 Å². The third-order valence-corrected chi connectivity index (χ3v) is 12.2. The van der Waals surface area contributed by atoms with Gasteiger partial charge in [-0.3, -0.25) is 14.4 Å². The van der Waals surface area contributed by atoms with Gasteiger partial charge in [0.25, 0.3) is 0 Å². The number of nitrogens with zero attached hydrogens (tertiary/aromatic N) is 1. The van der Waals surface area contributed by atoms with Gasteiger partial charge in [-0.15, -0.1) is 0 Å². The van der Waals surface area contributed by atoms with Crippen molar-refractivity contribution >= 4 is 28.6 Å². The van der Waals surface area contributed by atoms with E-state index in [1.165, 1.54) is 45.6 Å². The number of benzene rings is 2. The van der Waals surface area contributed by atoms with Gasteiger partial charge in [0.1, 0.15) is 5.41 Å². The zero-order valence-corrected chi connectivity index (χ0v) is 28.1. The highest BCUT2D eigenvalue weighted by atomic mass is 16.5. The van der Waals surface area contributed by atoms with E-state index in [9.17, 15) is 14.4 Å². The van der Waals surface area contributed by atoms with Crippen molar-refractivity contribution in [3.05, 3.63) is 59.8 Å². The molecule has 246 valence electrons. The largest absolute Gasteiger partial charge is 0.468 e. The zero-order valence-electron chi connectivity index (χ0n) is 28.1. The molecule has 6 aliphatic rings. The van der Waals surface area contributed by atoms with Crippen LogP contribution in [0.1, 0.15) is 84.6 Å². The van der Waals surface area contributed by atoms with E-state index in [1.54, 1.807) is 4.90 Å². The van der Waals surface area contributed by atoms with Gasteiger partial charge < -0.3 is 19.7 Å². The molecule has 4 saturated carbocycles. The monoisotopic (exact) mass is 626 g/mol. The number of esters is 1. The summed E-state index contributed by atoms with van der Waals surface area (Å²) in [5, 5.41) is 5.44. The third-order valence-electron chi connectivity index (χ3n) is 12.2. The van der Waals surface area contributed by atoms with Crippen molar-refractivity contribution in [2.24, 2.45) is 39.9 Å². The van der Waals surface area contributed by atoms with Crippen LogP contribution in [0.15, 0.2) is 54.2 Å². The van der Waals surface area contributed by atoms with E-state index in [1.807, 2.05) is 37.3 Å². The SMILES string of the molecule is COC(=O)[C@]12C[C@H](CC(=O)NCC34CC5CC(CC(C5)C3)C4)C(=O)N(Cc3cccc4ccccc34)C1=C[C@H](C(C)(C)C)O[C@@H]2C. The maximum absolute atomic E-state index is 14.6. The van der Waals surface area contributed by atoms with Crippen LogP contribution >= 0.6 is 0 Å². The van der Waals surface area contributed by atoms with Gasteiger partial charge in [0.15, 0.2) is 0 Å². The number of nitrogens with one attached hydrogen (secondary N) is 1. The second-order valence-electron chi connectivity index (χ2n) is 16.4. The van der Waals surface area contributed by atoms with E-state index in [0.29, 0.717) is 18.8 Å². The minimum absolute atomic E-state index is 0.0404. The van der Waals surface area contributed by atoms with Gasteiger partial charge >= 0.3 is 5.97 Å². The molecule has 4 bridgehead atoms. The summed E-state index contributed by atoms with van der Waals surface area (Å²) in [7, 11) is 1.40. The van der Waals surface area contributed by atoms with Crippen molar-refractivity contribution in [3.63, 3.8) is 0 Å².